The Balaban J connectivity index is 1.77. The molecule has 108 valence electrons. The summed E-state index contributed by atoms with van der Waals surface area (Å²) in [6, 6.07) is 9.47. The number of rotatable bonds is 4. The van der Waals surface area contributed by atoms with E-state index in [1.165, 1.54) is 0 Å². The van der Waals surface area contributed by atoms with Gasteiger partial charge in [0, 0.05) is 29.5 Å². The second-order valence-electron chi connectivity index (χ2n) is 4.59. The highest BCUT2D eigenvalue weighted by Gasteiger charge is 2.12. The van der Waals surface area contributed by atoms with Gasteiger partial charge < -0.3 is 9.09 Å². The topological polar surface area (TPSA) is 56.7 Å². The Labute approximate surface area is 131 Å². The second kappa shape index (κ2) is 5.91. The van der Waals surface area contributed by atoms with Gasteiger partial charge in [0.05, 0.1) is 5.69 Å². The molecule has 0 unspecified atom stereocenters. The summed E-state index contributed by atoms with van der Waals surface area (Å²) in [6.07, 6.45) is 0. The van der Waals surface area contributed by atoms with Crippen LogP contribution in [0.15, 0.2) is 40.0 Å². The monoisotopic (exact) mass is 320 g/mol. The van der Waals surface area contributed by atoms with Crippen LogP contribution in [0.1, 0.15) is 11.5 Å². The number of nitrogens with zero attached hydrogens (tertiary/aromatic N) is 4. The highest BCUT2D eigenvalue weighted by atomic mass is 35.5. The van der Waals surface area contributed by atoms with Crippen molar-refractivity contribution in [1.82, 2.24) is 19.9 Å². The van der Waals surface area contributed by atoms with Gasteiger partial charge in [-0.05, 0) is 31.2 Å². The lowest BCUT2D eigenvalue weighted by molar-refractivity contribution is 0.393. The fraction of sp³-hybridized carbons (Fsp3) is 0.214. The maximum absolute atomic E-state index is 5.90. The quantitative estimate of drug-likeness (QED) is 0.686. The van der Waals surface area contributed by atoms with Crippen molar-refractivity contribution < 1.29 is 4.52 Å². The Morgan fingerprint density at radius 3 is 2.67 bits per heavy atom. The van der Waals surface area contributed by atoms with E-state index in [4.69, 9.17) is 16.1 Å². The van der Waals surface area contributed by atoms with E-state index in [0.29, 0.717) is 10.8 Å². The minimum absolute atomic E-state index is 0.698. The van der Waals surface area contributed by atoms with Crippen molar-refractivity contribution in [2.75, 3.05) is 0 Å². The maximum Gasteiger partial charge on any atom is 0.191 e. The van der Waals surface area contributed by atoms with Gasteiger partial charge in [-0.1, -0.05) is 28.5 Å². The fourth-order valence-corrected chi connectivity index (χ4v) is 2.83. The average molecular weight is 321 g/mol. The molecule has 2 heterocycles. The molecule has 0 N–H and O–H groups in total. The van der Waals surface area contributed by atoms with Gasteiger partial charge in [0.2, 0.25) is 0 Å². The van der Waals surface area contributed by atoms with Gasteiger partial charge in [0.25, 0.3) is 0 Å². The first-order valence-corrected chi connectivity index (χ1v) is 7.70. The third-order valence-electron chi connectivity index (χ3n) is 2.96. The van der Waals surface area contributed by atoms with E-state index in [9.17, 15) is 0 Å². The van der Waals surface area contributed by atoms with Crippen LogP contribution >= 0.6 is 23.4 Å². The minimum atomic E-state index is 0.698. The molecule has 0 saturated heterocycles. The van der Waals surface area contributed by atoms with Crippen LogP contribution < -0.4 is 0 Å². The summed E-state index contributed by atoms with van der Waals surface area (Å²) in [7, 11) is 1.94. The highest BCUT2D eigenvalue weighted by Crippen LogP contribution is 2.25. The Bertz CT molecular complexity index is 751. The second-order valence-corrected chi connectivity index (χ2v) is 5.97. The number of hydrogen-bond donors (Lipinski definition) is 0. The summed E-state index contributed by atoms with van der Waals surface area (Å²) in [6.45, 7) is 1.88. The van der Waals surface area contributed by atoms with Crippen LogP contribution in [0.5, 0.6) is 0 Å². The van der Waals surface area contributed by atoms with Crippen LogP contribution in [-0.2, 0) is 12.8 Å². The SMILES string of the molecule is Cc1cc(CSc2nnc(-c3ccc(Cl)cc3)n2C)no1. The van der Waals surface area contributed by atoms with Crippen LogP contribution in [0.4, 0.5) is 0 Å². The molecule has 0 aliphatic rings. The van der Waals surface area contributed by atoms with Gasteiger partial charge in [-0.2, -0.15) is 0 Å². The molecule has 2 aromatic heterocycles. The van der Waals surface area contributed by atoms with Crippen molar-refractivity contribution >= 4 is 23.4 Å². The molecule has 3 aromatic rings. The van der Waals surface area contributed by atoms with Gasteiger partial charge in [-0.15, -0.1) is 10.2 Å². The molecule has 5 nitrogen and oxygen atoms in total. The maximum atomic E-state index is 5.90. The minimum Gasteiger partial charge on any atom is -0.361 e. The Kier molecular flexibility index (Phi) is 3.98. The molecule has 0 fully saturated rings. The molecule has 3 rings (SSSR count). The van der Waals surface area contributed by atoms with Crippen molar-refractivity contribution in [2.45, 2.75) is 17.8 Å². The standard InChI is InChI=1S/C14H13ClN4OS/c1-9-7-12(18-20-9)8-21-14-17-16-13(19(14)2)10-3-5-11(15)6-4-10/h3-7H,8H2,1-2H3. The molecule has 0 bridgehead atoms. The first-order chi connectivity index (χ1) is 10.1. The van der Waals surface area contributed by atoms with Crippen LogP contribution in [-0.4, -0.2) is 19.9 Å². The van der Waals surface area contributed by atoms with E-state index in [-0.39, 0.29) is 0 Å². The first-order valence-electron chi connectivity index (χ1n) is 6.34. The number of aromatic nitrogens is 4. The normalized spacial score (nSPS) is 11.0. The van der Waals surface area contributed by atoms with Crippen molar-refractivity contribution in [3.63, 3.8) is 0 Å². The van der Waals surface area contributed by atoms with Gasteiger partial charge >= 0.3 is 0 Å². The third kappa shape index (κ3) is 3.11. The van der Waals surface area contributed by atoms with Gasteiger partial charge in [-0.25, -0.2) is 0 Å². The van der Waals surface area contributed by atoms with Crippen LogP contribution in [0.3, 0.4) is 0 Å². The molecule has 0 saturated carbocycles. The zero-order valence-electron chi connectivity index (χ0n) is 11.6. The lowest BCUT2D eigenvalue weighted by atomic mass is 10.2. The van der Waals surface area contributed by atoms with Crippen molar-refractivity contribution in [3.8, 4) is 11.4 Å². The average Bonchev–Trinajstić information content (AvgIpc) is 3.04. The molecular formula is C14H13ClN4OS. The Morgan fingerprint density at radius 2 is 2.00 bits per heavy atom. The number of benzene rings is 1. The third-order valence-corrected chi connectivity index (χ3v) is 4.27. The van der Waals surface area contributed by atoms with E-state index < -0.39 is 0 Å². The number of thioether (sulfide) groups is 1. The van der Waals surface area contributed by atoms with Crippen LogP contribution in [0, 0.1) is 6.92 Å². The van der Waals surface area contributed by atoms with Crippen molar-refractivity contribution in [3.05, 3.63) is 46.8 Å². The summed E-state index contributed by atoms with van der Waals surface area (Å²) >= 11 is 7.47. The van der Waals surface area contributed by atoms with Crippen molar-refractivity contribution in [1.29, 1.82) is 0 Å². The van der Waals surface area contributed by atoms with E-state index >= 15 is 0 Å². The highest BCUT2D eigenvalue weighted by molar-refractivity contribution is 7.98. The van der Waals surface area contributed by atoms with E-state index in [1.54, 1.807) is 11.8 Å². The summed E-state index contributed by atoms with van der Waals surface area (Å²) in [4.78, 5) is 0. The molecule has 0 amide bonds. The number of halogens is 1. The zero-order valence-corrected chi connectivity index (χ0v) is 13.1. The fourth-order valence-electron chi connectivity index (χ4n) is 1.92. The van der Waals surface area contributed by atoms with Crippen molar-refractivity contribution in [2.24, 2.45) is 7.05 Å². The van der Waals surface area contributed by atoms with E-state index in [2.05, 4.69) is 15.4 Å². The predicted molar refractivity (Wildman–Crippen MR) is 82.3 cm³/mol. The van der Waals surface area contributed by atoms with Gasteiger partial charge in [-0.3, -0.25) is 0 Å². The van der Waals surface area contributed by atoms with E-state index in [0.717, 1.165) is 28.0 Å². The van der Waals surface area contributed by atoms with Gasteiger partial charge in [0.1, 0.15) is 5.76 Å². The molecular weight excluding hydrogens is 308 g/mol. The van der Waals surface area contributed by atoms with Crippen LogP contribution in [0.2, 0.25) is 5.02 Å². The predicted octanol–water partition coefficient (Wildman–Crippen LogP) is 3.72. The van der Waals surface area contributed by atoms with Crippen LogP contribution in [0.25, 0.3) is 11.4 Å². The lowest BCUT2D eigenvalue weighted by Gasteiger charge is -2.03. The lowest BCUT2D eigenvalue weighted by Crippen LogP contribution is -1.95. The molecule has 0 aliphatic heterocycles. The summed E-state index contributed by atoms with van der Waals surface area (Å²) in [5.74, 6) is 2.32. The molecule has 0 radical (unpaired) electrons. The smallest absolute Gasteiger partial charge is 0.191 e. The summed E-state index contributed by atoms with van der Waals surface area (Å²) < 4.78 is 7.01. The first kappa shape index (κ1) is 14.2. The molecule has 21 heavy (non-hydrogen) atoms. The molecule has 0 atom stereocenters. The number of hydrogen-bond acceptors (Lipinski definition) is 5. The number of aryl methyl sites for hydroxylation is 1. The summed E-state index contributed by atoms with van der Waals surface area (Å²) in [5, 5.41) is 14.0. The zero-order chi connectivity index (χ0) is 14.8. The summed E-state index contributed by atoms with van der Waals surface area (Å²) in [5.41, 5.74) is 1.88. The molecule has 1 aromatic carbocycles. The largest absolute Gasteiger partial charge is 0.361 e. The molecule has 7 heteroatoms. The Hall–Kier alpha value is -1.79. The van der Waals surface area contributed by atoms with Gasteiger partial charge in [0.15, 0.2) is 11.0 Å². The molecule has 0 aliphatic carbocycles. The van der Waals surface area contributed by atoms with E-state index in [1.807, 2.05) is 48.9 Å². The molecule has 0 spiro atoms. The Morgan fingerprint density at radius 1 is 1.24 bits per heavy atom.